The van der Waals surface area contributed by atoms with Crippen molar-refractivity contribution in [2.75, 3.05) is 32.3 Å². The Bertz CT molecular complexity index is 690. The molecule has 0 amide bonds. The Kier molecular flexibility index (Phi) is 4.29. The molecule has 0 bridgehead atoms. The van der Waals surface area contributed by atoms with E-state index >= 15 is 0 Å². The molecule has 2 aliphatic rings. The fourth-order valence-electron chi connectivity index (χ4n) is 3.58. The molecule has 3 rings (SSSR count). The van der Waals surface area contributed by atoms with Crippen LogP contribution in [0.3, 0.4) is 0 Å². The van der Waals surface area contributed by atoms with Crippen molar-refractivity contribution in [3.8, 4) is 11.5 Å². The summed E-state index contributed by atoms with van der Waals surface area (Å²) in [5.41, 5.74) is 6.35. The van der Waals surface area contributed by atoms with Crippen LogP contribution in [0.15, 0.2) is 18.2 Å². The van der Waals surface area contributed by atoms with Crippen LogP contribution in [0.1, 0.15) is 25.3 Å². The number of benzene rings is 1. The molecule has 1 aliphatic heterocycles. The minimum absolute atomic E-state index is 0.104. The average Bonchev–Trinajstić information content (AvgIpc) is 3.01. The quantitative estimate of drug-likeness (QED) is 0.804. The van der Waals surface area contributed by atoms with Crippen molar-refractivity contribution in [3.05, 3.63) is 23.8 Å². The van der Waals surface area contributed by atoms with Gasteiger partial charge in [-0.05, 0) is 24.6 Å². The van der Waals surface area contributed by atoms with E-state index in [-0.39, 0.29) is 25.0 Å². The second kappa shape index (κ2) is 5.96. The normalized spacial score (nSPS) is 28.8. The number of ether oxygens (including phenoxy) is 3. The smallest absolute Gasteiger partial charge is 0.231 e. The van der Waals surface area contributed by atoms with Gasteiger partial charge in [0.25, 0.3) is 0 Å². The summed E-state index contributed by atoms with van der Waals surface area (Å²) in [6, 6.07) is 5.60. The maximum atomic E-state index is 12.5. The SMILES string of the molecule is CCOC[C@@]1(CN)[C@H](c2ccc3c(c2)OCO3)[C@@H]1S(=O)(=O)CC. The Labute approximate surface area is 136 Å². The molecule has 1 saturated carbocycles. The summed E-state index contributed by atoms with van der Waals surface area (Å²) in [4.78, 5) is 0. The van der Waals surface area contributed by atoms with E-state index in [1.807, 2.05) is 25.1 Å². The van der Waals surface area contributed by atoms with E-state index in [9.17, 15) is 8.42 Å². The van der Waals surface area contributed by atoms with Gasteiger partial charge in [0, 0.05) is 30.2 Å². The van der Waals surface area contributed by atoms with E-state index < -0.39 is 20.5 Å². The third kappa shape index (κ3) is 2.60. The van der Waals surface area contributed by atoms with Crippen LogP contribution in [0.5, 0.6) is 11.5 Å². The van der Waals surface area contributed by atoms with Crippen LogP contribution in [0, 0.1) is 5.41 Å². The van der Waals surface area contributed by atoms with E-state index in [1.54, 1.807) is 6.92 Å². The molecule has 1 heterocycles. The molecule has 0 spiro atoms. The first-order valence-corrected chi connectivity index (χ1v) is 9.60. The Hall–Kier alpha value is -1.31. The Balaban J connectivity index is 1.98. The third-order valence-corrected chi connectivity index (χ3v) is 7.20. The van der Waals surface area contributed by atoms with Crippen LogP contribution in [0.4, 0.5) is 0 Å². The highest BCUT2D eigenvalue weighted by atomic mass is 32.2. The Morgan fingerprint density at radius 1 is 1.30 bits per heavy atom. The molecule has 3 atom stereocenters. The van der Waals surface area contributed by atoms with Gasteiger partial charge in [-0.2, -0.15) is 0 Å². The van der Waals surface area contributed by atoms with Crippen LogP contribution in [0.2, 0.25) is 0 Å². The maximum Gasteiger partial charge on any atom is 0.231 e. The fourth-order valence-corrected chi connectivity index (χ4v) is 5.73. The zero-order valence-corrected chi connectivity index (χ0v) is 14.3. The molecule has 1 aromatic rings. The number of hydrogen-bond acceptors (Lipinski definition) is 6. The molecule has 1 aliphatic carbocycles. The van der Waals surface area contributed by atoms with Gasteiger partial charge in [0.15, 0.2) is 21.3 Å². The lowest BCUT2D eigenvalue weighted by Crippen LogP contribution is -2.29. The molecule has 1 aromatic carbocycles. The summed E-state index contributed by atoms with van der Waals surface area (Å²) in [7, 11) is -3.22. The summed E-state index contributed by atoms with van der Waals surface area (Å²) in [5.74, 6) is 1.28. The minimum Gasteiger partial charge on any atom is -0.454 e. The molecule has 0 radical (unpaired) electrons. The van der Waals surface area contributed by atoms with Gasteiger partial charge in [0.2, 0.25) is 6.79 Å². The fraction of sp³-hybridized carbons (Fsp3) is 0.625. The number of fused-ring (bicyclic) bond motifs is 1. The van der Waals surface area contributed by atoms with Crippen molar-refractivity contribution in [1.82, 2.24) is 0 Å². The molecule has 1 fully saturated rings. The molecule has 0 saturated heterocycles. The minimum atomic E-state index is -3.22. The van der Waals surface area contributed by atoms with Crippen LogP contribution >= 0.6 is 0 Å². The first-order valence-electron chi connectivity index (χ1n) is 7.89. The Morgan fingerprint density at radius 2 is 2.04 bits per heavy atom. The summed E-state index contributed by atoms with van der Waals surface area (Å²) >= 11 is 0. The molecule has 23 heavy (non-hydrogen) atoms. The third-order valence-electron chi connectivity index (χ3n) is 4.88. The predicted molar refractivity (Wildman–Crippen MR) is 86.5 cm³/mol. The highest BCUT2D eigenvalue weighted by Crippen LogP contribution is 2.63. The largest absolute Gasteiger partial charge is 0.454 e. The summed E-state index contributed by atoms with van der Waals surface area (Å²) in [6.45, 7) is 4.92. The van der Waals surface area contributed by atoms with Gasteiger partial charge in [-0.25, -0.2) is 8.42 Å². The number of rotatable bonds is 7. The zero-order chi connectivity index (χ0) is 16.7. The van der Waals surface area contributed by atoms with Crippen molar-refractivity contribution in [2.45, 2.75) is 25.0 Å². The predicted octanol–water partition coefficient (Wildman–Crippen LogP) is 1.30. The molecule has 0 aromatic heterocycles. The van der Waals surface area contributed by atoms with Gasteiger partial charge in [-0.3, -0.25) is 0 Å². The first-order chi connectivity index (χ1) is 11.0. The second-order valence-electron chi connectivity index (χ2n) is 6.04. The lowest BCUT2D eigenvalue weighted by Gasteiger charge is -2.15. The molecule has 0 unspecified atom stereocenters. The molecule has 7 heteroatoms. The van der Waals surface area contributed by atoms with Crippen molar-refractivity contribution in [3.63, 3.8) is 0 Å². The van der Waals surface area contributed by atoms with Gasteiger partial charge in [-0.1, -0.05) is 13.0 Å². The molecular formula is C16H23NO5S. The van der Waals surface area contributed by atoms with Gasteiger partial charge in [0.1, 0.15) is 0 Å². The lowest BCUT2D eigenvalue weighted by atomic mass is 9.99. The van der Waals surface area contributed by atoms with Crippen molar-refractivity contribution in [1.29, 1.82) is 0 Å². The lowest BCUT2D eigenvalue weighted by molar-refractivity contribution is 0.101. The van der Waals surface area contributed by atoms with E-state index in [1.165, 1.54) is 0 Å². The van der Waals surface area contributed by atoms with E-state index in [2.05, 4.69) is 0 Å². The van der Waals surface area contributed by atoms with Gasteiger partial charge in [-0.15, -0.1) is 0 Å². The van der Waals surface area contributed by atoms with Crippen molar-refractivity contribution < 1.29 is 22.6 Å². The molecular weight excluding hydrogens is 318 g/mol. The first kappa shape index (κ1) is 16.5. The zero-order valence-electron chi connectivity index (χ0n) is 13.4. The monoisotopic (exact) mass is 341 g/mol. The Morgan fingerprint density at radius 3 is 2.70 bits per heavy atom. The average molecular weight is 341 g/mol. The molecule has 2 N–H and O–H groups in total. The second-order valence-corrected chi connectivity index (χ2v) is 8.45. The van der Waals surface area contributed by atoms with E-state index in [4.69, 9.17) is 19.9 Å². The highest BCUT2D eigenvalue weighted by molar-refractivity contribution is 7.92. The summed E-state index contributed by atoms with van der Waals surface area (Å²) < 4.78 is 41.4. The van der Waals surface area contributed by atoms with Crippen molar-refractivity contribution >= 4 is 9.84 Å². The number of sulfone groups is 1. The van der Waals surface area contributed by atoms with E-state index in [0.717, 1.165) is 5.56 Å². The molecule has 128 valence electrons. The van der Waals surface area contributed by atoms with Crippen molar-refractivity contribution in [2.24, 2.45) is 11.1 Å². The topological polar surface area (TPSA) is 87.8 Å². The van der Waals surface area contributed by atoms with Crippen LogP contribution in [-0.2, 0) is 14.6 Å². The maximum absolute atomic E-state index is 12.5. The van der Waals surface area contributed by atoms with E-state index in [0.29, 0.717) is 24.7 Å². The van der Waals surface area contributed by atoms with Crippen LogP contribution < -0.4 is 15.2 Å². The number of nitrogens with two attached hydrogens (primary N) is 1. The van der Waals surface area contributed by atoms with Crippen LogP contribution in [0.25, 0.3) is 0 Å². The standard InChI is InChI=1S/C16H23NO5S/c1-3-20-9-16(8-17)14(15(16)23(18,19)4-2)11-5-6-12-13(7-11)22-10-21-12/h5-7,14-15H,3-4,8-10,17H2,1-2H3/t14-,15+,16+/m1/s1. The van der Waals surface area contributed by atoms with Gasteiger partial charge in [0.05, 0.1) is 11.9 Å². The summed E-state index contributed by atoms with van der Waals surface area (Å²) in [5, 5.41) is -0.503. The highest BCUT2D eigenvalue weighted by Gasteiger charge is 2.69. The number of hydrogen-bond donors (Lipinski definition) is 1. The molecule has 6 nitrogen and oxygen atoms in total. The van der Waals surface area contributed by atoms with Gasteiger partial charge >= 0.3 is 0 Å². The summed E-state index contributed by atoms with van der Waals surface area (Å²) in [6.07, 6.45) is 0. The van der Waals surface area contributed by atoms with Gasteiger partial charge < -0.3 is 19.9 Å². The van der Waals surface area contributed by atoms with Crippen LogP contribution in [-0.4, -0.2) is 46.0 Å².